The van der Waals surface area contributed by atoms with E-state index < -0.39 is 0 Å². The minimum Gasteiger partial charge on any atom is -0.486 e. The lowest BCUT2D eigenvalue weighted by molar-refractivity contribution is -0.0675. The highest BCUT2D eigenvalue weighted by molar-refractivity contribution is 6.00. The van der Waals surface area contributed by atoms with Crippen LogP contribution in [0.5, 0.6) is 5.75 Å². The van der Waals surface area contributed by atoms with Crippen LogP contribution in [0.2, 0.25) is 0 Å². The highest BCUT2D eigenvalue weighted by Crippen LogP contribution is 2.48. The summed E-state index contributed by atoms with van der Waals surface area (Å²) >= 11 is 0. The smallest absolute Gasteiger partial charge is 0.170 e. The monoisotopic (exact) mass is 202 g/mol. The Morgan fingerprint density at radius 1 is 1.40 bits per heavy atom. The topological polar surface area (TPSA) is 26.3 Å². The number of fused-ring (bicyclic) bond motifs is 1. The van der Waals surface area contributed by atoms with Gasteiger partial charge < -0.3 is 4.74 Å². The number of ketones is 1. The first kappa shape index (κ1) is 8.96. The van der Waals surface area contributed by atoms with Crippen LogP contribution in [-0.2, 0) is 0 Å². The lowest BCUT2D eigenvalue weighted by atomic mass is 9.66. The van der Waals surface area contributed by atoms with Crippen LogP contribution in [0.25, 0.3) is 0 Å². The van der Waals surface area contributed by atoms with E-state index in [1.807, 2.05) is 24.3 Å². The van der Waals surface area contributed by atoms with Crippen molar-refractivity contribution >= 4 is 5.78 Å². The quantitative estimate of drug-likeness (QED) is 0.646. The van der Waals surface area contributed by atoms with Crippen LogP contribution < -0.4 is 4.74 Å². The van der Waals surface area contributed by atoms with Crippen LogP contribution in [0.4, 0.5) is 0 Å². The zero-order valence-electron chi connectivity index (χ0n) is 8.82. The average Bonchev–Trinajstić information content (AvgIpc) is 2.27. The maximum Gasteiger partial charge on any atom is 0.170 e. The molecule has 1 heterocycles. The molecule has 0 saturated heterocycles. The van der Waals surface area contributed by atoms with Crippen molar-refractivity contribution in [3.63, 3.8) is 0 Å². The number of ether oxygens (including phenoxy) is 1. The Morgan fingerprint density at radius 3 is 2.87 bits per heavy atom. The second kappa shape index (κ2) is 2.84. The molecule has 15 heavy (non-hydrogen) atoms. The number of carbonyl (C=O) groups is 1. The van der Waals surface area contributed by atoms with Gasteiger partial charge in [0.2, 0.25) is 0 Å². The van der Waals surface area contributed by atoms with Gasteiger partial charge in [0.05, 0.1) is 12.0 Å². The molecule has 2 unspecified atom stereocenters. The average molecular weight is 202 g/mol. The van der Waals surface area contributed by atoms with Crippen LogP contribution in [0.1, 0.15) is 36.5 Å². The molecule has 3 rings (SSSR count). The molecule has 0 bridgehead atoms. The van der Waals surface area contributed by atoms with Crippen LogP contribution in [-0.4, -0.2) is 11.4 Å². The van der Waals surface area contributed by atoms with E-state index in [0.29, 0.717) is 12.3 Å². The molecule has 1 aliphatic heterocycles. The van der Waals surface area contributed by atoms with E-state index in [9.17, 15) is 4.79 Å². The molecule has 0 amide bonds. The van der Waals surface area contributed by atoms with Gasteiger partial charge in [-0.05, 0) is 30.9 Å². The van der Waals surface area contributed by atoms with Gasteiger partial charge in [-0.2, -0.15) is 0 Å². The molecule has 78 valence electrons. The Kier molecular flexibility index (Phi) is 1.70. The molecule has 1 aromatic carbocycles. The maximum atomic E-state index is 12.0. The van der Waals surface area contributed by atoms with Crippen LogP contribution in [0.3, 0.4) is 0 Å². The van der Waals surface area contributed by atoms with Gasteiger partial charge in [-0.25, -0.2) is 0 Å². The van der Waals surface area contributed by atoms with Gasteiger partial charge in [-0.1, -0.05) is 19.1 Å². The van der Waals surface area contributed by atoms with Crippen molar-refractivity contribution in [3.05, 3.63) is 29.8 Å². The highest BCUT2D eigenvalue weighted by Gasteiger charge is 2.50. The molecule has 2 heteroatoms. The van der Waals surface area contributed by atoms with E-state index in [2.05, 4.69) is 6.92 Å². The predicted octanol–water partition coefficient (Wildman–Crippen LogP) is 2.82. The molecule has 1 saturated carbocycles. The molecule has 0 radical (unpaired) electrons. The van der Waals surface area contributed by atoms with Gasteiger partial charge in [0.25, 0.3) is 0 Å². The lowest BCUT2D eigenvalue weighted by Crippen LogP contribution is -2.54. The first-order valence-corrected chi connectivity index (χ1v) is 5.52. The number of hydrogen-bond acceptors (Lipinski definition) is 2. The summed E-state index contributed by atoms with van der Waals surface area (Å²) in [7, 11) is 0. The number of Topliss-reactive ketones (excluding diaryl/α,β-unsaturated/α-hetero) is 1. The third-order valence-electron chi connectivity index (χ3n) is 3.86. The van der Waals surface area contributed by atoms with Crippen LogP contribution >= 0.6 is 0 Å². The van der Waals surface area contributed by atoms with Gasteiger partial charge in [0, 0.05) is 0 Å². The molecular formula is C13H14O2. The predicted molar refractivity (Wildman–Crippen MR) is 57.1 cm³/mol. The van der Waals surface area contributed by atoms with Crippen LogP contribution in [0, 0.1) is 5.92 Å². The van der Waals surface area contributed by atoms with Gasteiger partial charge in [0.15, 0.2) is 5.78 Å². The summed E-state index contributed by atoms with van der Waals surface area (Å²) in [5.74, 6) is 1.53. The Hall–Kier alpha value is -1.31. The molecule has 2 atom stereocenters. The second-order valence-electron chi connectivity index (χ2n) is 4.70. The molecule has 1 aromatic rings. The molecule has 0 N–H and O–H groups in total. The minimum absolute atomic E-state index is 0.175. The molecule has 1 spiro atoms. The second-order valence-corrected chi connectivity index (χ2v) is 4.70. The fourth-order valence-electron chi connectivity index (χ4n) is 2.58. The number of carbonyl (C=O) groups excluding carboxylic acids is 1. The minimum atomic E-state index is -0.175. The zero-order chi connectivity index (χ0) is 10.5. The maximum absolute atomic E-state index is 12.0. The van der Waals surface area contributed by atoms with Gasteiger partial charge >= 0.3 is 0 Å². The molecule has 2 nitrogen and oxygen atoms in total. The Labute approximate surface area is 89.2 Å². The summed E-state index contributed by atoms with van der Waals surface area (Å²) in [5, 5.41) is 0. The first-order chi connectivity index (χ1) is 7.21. The summed E-state index contributed by atoms with van der Waals surface area (Å²) in [6.07, 6.45) is 2.76. The number of rotatable bonds is 0. The number of benzene rings is 1. The Balaban J connectivity index is 2.03. The van der Waals surface area contributed by atoms with Gasteiger partial charge in [0.1, 0.15) is 11.4 Å². The van der Waals surface area contributed by atoms with E-state index in [4.69, 9.17) is 4.74 Å². The fraction of sp³-hybridized carbons (Fsp3) is 0.462. The largest absolute Gasteiger partial charge is 0.486 e. The SMILES string of the molecule is CC1CCC12CC(=O)c1ccccc1O2. The number of hydrogen-bond donors (Lipinski definition) is 0. The highest BCUT2D eigenvalue weighted by atomic mass is 16.5. The summed E-state index contributed by atoms with van der Waals surface area (Å²) in [5.41, 5.74) is 0.577. The van der Waals surface area contributed by atoms with Crippen molar-refractivity contribution in [1.82, 2.24) is 0 Å². The third kappa shape index (κ3) is 1.14. The standard InChI is InChI=1S/C13H14O2/c1-9-6-7-13(9)8-11(14)10-4-2-3-5-12(10)15-13/h2-5,9H,6-8H2,1H3. The number of para-hydroxylation sites is 1. The summed E-state index contributed by atoms with van der Waals surface area (Å²) < 4.78 is 6.02. The zero-order valence-corrected chi connectivity index (χ0v) is 8.82. The van der Waals surface area contributed by atoms with Crippen molar-refractivity contribution in [1.29, 1.82) is 0 Å². The molecule has 1 aliphatic carbocycles. The van der Waals surface area contributed by atoms with Crippen molar-refractivity contribution in [2.75, 3.05) is 0 Å². The third-order valence-corrected chi connectivity index (χ3v) is 3.86. The van der Waals surface area contributed by atoms with E-state index in [-0.39, 0.29) is 11.4 Å². The Morgan fingerprint density at radius 2 is 2.20 bits per heavy atom. The lowest BCUT2D eigenvalue weighted by Gasteiger charge is -2.49. The molecule has 0 aromatic heterocycles. The first-order valence-electron chi connectivity index (χ1n) is 5.52. The fourth-order valence-corrected chi connectivity index (χ4v) is 2.58. The summed E-state index contributed by atoms with van der Waals surface area (Å²) in [6.45, 7) is 2.17. The van der Waals surface area contributed by atoms with Crippen molar-refractivity contribution in [2.45, 2.75) is 31.8 Å². The summed E-state index contributed by atoms with van der Waals surface area (Å²) in [6, 6.07) is 7.57. The Bertz CT molecular complexity index is 424. The van der Waals surface area contributed by atoms with Gasteiger partial charge in [-0.15, -0.1) is 0 Å². The van der Waals surface area contributed by atoms with E-state index in [1.54, 1.807) is 0 Å². The van der Waals surface area contributed by atoms with Crippen molar-refractivity contribution < 1.29 is 9.53 Å². The van der Waals surface area contributed by atoms with Gasteiger partial charge in [-0.3, -0.25) is 4.79 Å². The summed E-state index contributed by atoms with van der Waals surface area (Å²) in [4.78, 5) is 12.0. The van der Waals surface area contributed by atoms with Crippen LogP contribution in [0.15, 0.2) is 24.3 Å². The van der Waals surface area contributed by atoms with E-state index in [1.165, 1.54) is 6.42 Å². The molecule has 1 fully saturated rings. The van der Waals surface area contributed by atoms with E-state index >= 15 is 0 Å². The molecule has 2 aliphatic rings. The van der Waals surface area contributed by atoms with Crippen molar-refractivity contribution in [2.24, 2.45) is 5.92 Å². The van der Waals surface area contributed by atoms with E-state index in [0.717, 1.165) is 17.7 Å². The van der Waals surface area contributed by atoms with Crippen molar-refractivity contribution in [3.8, 4) is 5.75 Å². The molecular weight excluding hydrogens is 188 g/mol. The normalized spacial score (nSPS) is 33.1.